The molecule has 3 N–H and O–H groups in total. The average molecular weight is 378 g/mol. The van der Waals surface area contributed by atoms with E-state index in [1.165, 1.54) is 0 Å². The molecule has 134 valence electrons. The van der Waals surface area contributed by atoms with Crippen molar-refractivity contribution in [1.82, 2.24) is 15.1 Å². The maximum absolute atomic E-state index is 12.1. The molecule has 2 fully saturated rings. The Labute approximate surface area is 153 Å². The van der Waals surface area contributed by atoms with Crippen molar-refractivity contribution >= 4 is 43.1 Å². The van der Waals surface area contributed by atoms with Crippen LogP contribution in [0.5, 0.6) is 0 Å². The Hall–Kier alpha value is 0.220. The molecule has 22 heavy (non-hydrogen) atoms. The molecule has 2 rings (SSSR count). The summed E-state index contributed by atoms with van der Waals surface area (Å²) >= 11 is 0. The van der Waals surface area contributed by atoms with Gasteiger partial charge < -0.3 is 16.0 Å². The Morgan fingerprint density at radius 3 is 2.36 bits per heavy atom. The summed E-state index contributed by atoms with van der Waals surface area (Å²) in [4.78, 5) is 16.9. The predicted octanol–water partition coefficient (Wildman–Crippen LogP) is 0.990. The molecule has 1 aliphatic carbocycles. The van der Waals surface area contributed by atoms with Crippen LogP contribution in [0.15, 0.2) is 0 Å². The first-order valence-electron chi connectivity index (χ1n) is 7.59. The number of amides is 1. The third kappa shape index (κ3) is 7.20. The highest BCUT2D eigenvalue weighted by Crippen LogP contribution is 2.30. The summed E-state index contributed by atoms with van der Waals surface area (Å²) in [6.07, 6.45) is 3.29. The van der Waals surface area contributed by atoms with Crippen LogP contribution >= 0.6 is 37.2 Å². The van der Waals surface area contributed by atoms with Gasteiger partial charge >= 0.3 is 0 Å². The van der Waals surface area contributed by atoms with E-state index >= 15 is 0 Å². The molecule has 2 atom stereocenters. The fraction of sp³-hybridized carbons (Fsp3) is 0.929. The lowest BCUT2D eigenvalue weighted by molar-refractivity contribution is -0.126. The maximum atomic E-state index is 12.1. The highest BCUT2D eigenvalue weighted by molar-refractivity contribution is 5.86. The summed E-state index contributed by atoms with van der Waals surface area (Å²) in [5.74, 6) is 0.795. The van der Waals surface area contributed by atoms with E-state index in [4.69, 9.17) is 5.73 Å². The zero-order valence-corrected chi connectivity index (χ0v) is 15.8. The van der Waals surface area contributed by atoms with Gasteiger partial charge in [-0.05, 0) is 32.4 Å². The number of nitrogens with one attached hydrogen (secondary N) is 1. The molecule has 2 aliphatic rings. The van der Waals surface area contributed by atoms with Gasteiger partial charge in [0.05, 0.1) is 0 Å². The van der Waals surface area contributed by atoms with E-state index in [1.807, 2.05) is 0 Å². The van der Waals surface area contributed by atoms with Crippen molar-refractivity contribution in [3.8, 4) is 0 Å². The molecule has 0 aromatic carbocycles. The molecular formula is C14H31Cl3N4O. The minimum absolute atomic E-state index is 0. The van der Waals surface area contributed by atoms with Crippen LogP contribution in [-0.2, 0) is 4.79 Å². The van der Waals surface area contributed by atoms with E-state index in [2.05, 4.69) is 22.2 Å². The molecule has 1 aliphatic heterocycles. The quantitative estimate of drug-likeness (QED) is 0.750. The number of piperazine rings is 1. The number of likely N-dealkylation sites (N-methyl/N-ethyl adjacent to an activating group) is 1. The van der Waals surface area contributed by atoms with E-state index in [9.17, 15) is 4.79 Å². The first-order chi connectivity index (χ1) is 9.20. The molecule has 1 heterocycles. The van der Waals surface area contributed by atoms with Crippen molar-refractivity contribution in [3.05, 3.63) is 0 Å². The lowest BCUT2D eigenvalue weighted by Crippen LogP contribution is -2.47. The smallest absolute Gasteiger partial charge is 0.223 e. The molecule has 1 saturated heterocycles. The van der Waals surface area contributed by atoms with E-state index < -0.39 is 0 Å². The third-order valence-electron chi connectivity index (χ3n) is 4.62. The van der Waals surface area contributed by atoms with Crippen LogP contribution < -0.4 is 11.1 Å². The molecule has 5 nitrogen and oxygen atoms in total. The summed E-state index contributed by atoms with van der Waals surface area (Å²) in [6, 6.07) is 0. The number of hydrogen-bond acceptors (Lipinski definition) is 4. The maximum Gasteiger partial charge on any atom is 0.223 e. The van der Waals surface area contributed by atoms with Crippen LogP contribution in [0.1, 0.15) is 19.3 Å². The van der Waals surface area contributed by atoms with Gasteiger partial charge in [0, 0.05) is 45.2 Å². The lowest BCUT2D eigenvalue weighted by Gasteiger charge is -2.32. The second-order valence-electron chi connectivity index (χ2n) is 5.97. The van der Waals surface area contributed by atoms with Crippen molar-refractivity contribution in [1.29, 1.82) is 0 Å². The van der Waals surface area contributed by atoms with Gasteiger partial charge in [0.15, 0.2) is 0 Å². The SMILES string of the molecule is CN1CCN(CCNC(=O)[C@@H]2CCC[C@@H]2CN)CC1.Cl.Cl.Cl. The minimum atomic E-state index is 0. The summed E-state index contributed by atoms with van der Waals surface area (Å²) < 4.78 is 0. The Morgan fingerprint density at radius 1 is 1.14 bits per heavy atom. The Bertz CT molecular complexity index is 302. The average Bonchev–Trinajstić information content (AvgIpc) is 2.89. The molecule has 0 aromatic heterocycles. The second-order valence-corrected chi connectivity index (χ2v) is 5.97. The van der Waals surface area contributed by atoms with E-state index in [-0.39, 0.29) is 49.0 Å². The van der Waals surface area contributed by atoms with Gasteiger partial charge in [-0.3, -0.25) is 9.69 Å². The molecule has 0 bridgehead atoms. The number of nitrogens with two attached hydrogens (primary N) is 1. The topological polar surface area (TPSA) is 61.6 Å². The largest absolute Gasteiger partial charge is 0.355 e. The van der Waals surface area contributed by atoms with Gasteiger partial charge in [0.25, 0.3) is 0 Å². The predicted molar refractivity (Wildman–Crippen MR) is 98.6 cm³/mol. The molecule has 1 saturated carbocycles. The normalized spacial score (nSPS) is 25.5. The van der Waals surface area contributed by atoms with Gasteiger partial charge in [-0.1, -0.05) is 6.42 Å². The summed E-state index contributed by atoms with van der Waals surface area (Å²) in [6.45, 7) is 6.88. The van der Waals surface area contributed by atoms with Crippen LogP contribution in [0, 0.1) is 11.8 Å². The number of rotatable bonds is 5. The van der Waals surface area contributed by atoms with Gasteiger partial charge in [0.1, 0.15) is 0 Å². The van der Waals surface area contributed by atoms with E-state index in [0.29, 0.717) is 12.5 Å². The number of carbonyl (C=O) groups excluding carboxylic acids is 1. The van der Waals surface area contributed by atoms with Gasteiger partial charge in [-0.25, -0.2) is 0 Å². The Kier molecular flexibility index (Phi) is 14.0. The monoisotopic (exact) mass is 376 g/mol. The number of nitrogens with zero attached hydrogens (tertiary/aromatic N) is 2. The molecular weight excluding hydrogens is 347 g/mol. The molecule has 0 aromatic rings. The zero-order valence-electron chi connectivity index (χ0n) is 13.3. The second kappa shape index (κ2) is 12.6. The van der Waals surface area contributed by atoms with Gasteiger partial charge in [-0.2, -0.15) is 0 Å². The Balaban J connectivity index is 0. The van der Waals surface area contributed by atoms with Gasteiger partial charge in [0.2, 0.25) is 5.91 Å². The molecule has 0 unspecified atom stereocenters. The third-order valence-corrected chi connectivity index (χ3v) is 4.62. The number of hydrogen-bond donors (Lipinski definition) is 2. The van der Waals surface area contributed by atoms with Crippen molar-refractivity contribution in [2.24, 2.45) is 17.6 Å². The molecule has 0 spiro atoms. The van der Waals surface area contributed by atoms with Crippen LogP contribution in [0.2, 0.25) is 0 Å². The Morgan fingerprint density at radius 2 is 1.77 bits per heavy atom. The minimum Gasteiger partial charge on any atom is -0.355 e. The number of carbonyl (C=O) groups is 1. The van der Waals surface area contributed by atoms with E-state index in [0.717, 1.165) is 58.5 Å². The highest BCUT2D eigenvalue weighted by atomic mass is 35.5. The van der Waals surface area contributed by atoms with Crippen LogP contribution in [-0.4, -0.2) is 68.6 Å². The fourth-order valence-corrected chi connectivity index (χ4v) is 3.20. The van der Waals surface area contributed by atoms with Crippen molar-refractivity contribution < 1.29 is 4.79 Å². The first-order valence-corrected chi connectivity index (χ1v) is 7.59. The van der Waals surface area contributed by atoms with Crippen LogP contribution in [0.25, 0.3) is 0 Å². The summed E-state index contributed by atoms with van der Waals surface area (Å²) in [7, 11) is 2.16. The molecule has 8 heteroatoms. The summed E-state index contributed by atoms with van der Waals surface area (Å²) in [5.41, 5.74) is 5.73. The first kappa shape index (κ1) is 24.5. The highest BCUT2D eigenvalue weighted by Gasteiger charge is 2.31. The standard InChI is InChI=1S/C14H28N4O.3ClH/c1-17-7-9-18(10-8-17)6-5-16-14(19)13-4-2-3-12(13)11-15;;;/h12-13H,2-11,15H2,1H3,(H,16,19);3*1H/t12-,13-;;;/m1.../s1. The molecule has 0 radical (unpaired) electrons. The summed E-state index contributed by atoms with van der Waals surface area (Å²) in [5, 5.41) is 3.10. The number of halogens is 3. The fourth-order valence-electron chi connectivity index (χ4n) is 3.20. The van der Waals surface area contributed by atoms with Crippen molar-refractivity contribution in [2.75, 3.05) is 52.9 Å². The van der Waals surface area contributed by atoms with Crippen LogP contribution in [0.3, 0.4) is 0 Å². The lowest BCUT2D eigenvalue weighted by atomic mass is 9.95. The van der Waals surface area contributed by atoms with Crippen molar-refractivity contribution in [2.45, 2.75) is 19.3 Å². The van der Waals surface area contributed by atoms with Gasteiger partial charge in [-0.15, -0.1) is 37.2 Å². The molecule has 1 amide bonds. The van der Waals surface area contributed by atoms with Crippen molar-refractivity contribution in [3.63, 3.8) is 0 Å². The van der Waals surface area contributed by atoms with Crippen LogP contribution in [0.4, 0.5) is 0 Å². The van der Waals surface area contributed by atoms with E-state index in [1.54, 1.807) is 0 Å². The zero-order chi connectivity index (χ0) is 13.7.